The Hall–Kier alpha value is -2.28. The summed E-state index contributed by atoms with van der Waals surface area (Å²) in [4.78, 5) is 7.41. The van der Waals surface area contributed by atoms with E-state index in [1.807, 2.05) is 30.5 Å². The first kappa shape index (κ1) is 17.8. The summed E-state index contributed by atoms with van der Waals surface area (Å²) in [6.45, 7) is 6.17. The molecule has 1 saturated heterocycles. The van der Waals surface area contributed by atoms with Gasteiger partial charge in [0.15, 0.2) is 11.5 Å². The summed E-state index contributed by atoms with van der Waals surface area (Å²) in [6.07, 6.45) is 3.10. The quantitative estimate of drug-likeness (QED) is 0.734. The summed E-state index contributed by atoms with van der Waals surface area (Å²) in [5.41, 5.74) is 4.05. The first-order valence-electron chi connectivity index (χ1n) is 9.77. The van der Waals surface area contributed by atoms with Crippen LogP contribution in [-0.4, -0.2) is 53.7 Å². The third kappa shape index (κ3) is 3.43. The lowest BCUT2D eigenvalue weighted by atomic mass is 10.1. The average Bonchev–Trinajstić information content (AvgIpc) is 2.89. The third-order valence-corrected chi connectivity index (χ3v) is 5.53. The van der Waals surface area contributed by atoms with E-state index in [-0.39, 0.29) is 0 Å². The number of nitrogens with zero attached hydrogens (tertiary/aromatic N) is 3. The number of rotatable bonds is 3. The van der Waals surface area contributed by atoms with Gasteiger partial charge in [-0.1, -0.05) is 11.6 Å². The monoisotopic (exact) mass is 398 g/mol. The zero-order chi connectivity index (χ0) is 18.9. The highest BCUT2D eigenvalue weighted by atomic mass is 35.5. The van der Waals surface area contributed by atoms with Gasteiger partial charge in [0.25, 0.3) is 0 Å². The van der Waals surface area contributed by atoms with E-state index >= 15 is 0 Å². The van der Waals surface area contributed by atoms with Gasteiger partial charge in [-0.05, 0) is 49.8 Å². The molecule has 2 aliphatic heterocycles. The summed E-state index contributed by atoms with van der Waals surface area (Å²) >= 11 is 6.30. The van der Waals surface area contributed by atoms with Crippen LogP contribution in [0.1, 0.15) is 12.1 Å². The second-order valence-electron chi connectivity index (χ2n) is 7.22. The van der Waals surface area contributed by atoms with Gasteiger partial charge in [0.05, 0.1) is 16.4 Å². The molecule has 5 rings (SSSR count). The highest BCUT2D eigenvalue weighted by Crippen LogP contribution is 2.36. The number of ether oxygens (including phenoxy) is 2. The fraction of sp³-hybridized carbons (Fsp3) is 0.381. The minimum Gasteiger partial charge on any atom is -0.486 e. The van der Waals surface area contributed by atoms with Gasteiger partial charge in [0.1, 0.15) is 18.9 Å². The standard InChI is InChI=1S/C21H23ClN4O2/c22-16-3-5-20-24-21(15-2-4-18-19(12-15)28-11-10-27-18)17(26(20)13-16)14-25-8-1-6-23-7-9-25/h2-5,12-13,23H,1,6-11,14H2. The minimum absolute atomic E-state index is 0.574. The molecule has 28 heavy (non-hydrogen) atoms. The van der Waals surface area contributed by atoms with E-state index in [0.717, 1.165) is 73.2 Å². The van der Waals surface area contributed by atoms with Gasteiger partial charge in [-0.15, -0.1) is 0 Å². The van der Waals surface area contributed by atoms with Crippen molar-refractivity contribution in [3.8, 4) is 22.8 Å². The van der Waals surface area contributed by atoms with Gasteiger partial charge >= 0.3 is 0 Å². The van der Waals surface area contributed by atoms with Crippen molar-refractivity contribution < 1.29 is 9.47 Å². The molecule has 146 valence electrons. The fourth-order valence-corrected chi connectivity index (χ4v) is 4.07. The Morgan fingerprint density at radius 3 is 2.86 bits per heavy atom. The number of imidazole rings is 1. The van der Waals surface area contributed by atoms with Crippen molar-refractivity contribution in [2.45, 2.75) is 13.0 Å². The lowest BCUT2D eigenvalue weighted by molar-refractivity contribution is 0.171. The summed E-state index contributed by atoms with van der Waals surface area (Å²) in [7, 11) is 0. The zero-order valence-electron chi connectivity index (χ0n) is 15.7. The Kier molecular flexibility index (Phi) is 4.84. The minimum atomic E-state index is 0.574. The van der Waals surface area contributed by atoms with Gasteiger partial charge in [-0.3, -0.25) is 4.90 Å². The summed E-state index contributed by atoms with van der Waals surface area (Å²) < 4.78 is 13.6. The largest absolute Gasteiger partial charge is 0.486 e. The highest BCUT2D eigenvalue weighted by molar-refractivity contribution is 6.30. The van der Waals surface area contributed by atoms with Crippen LogP contribution in [0, 0.1) is 0 Å². The molecule has 0 bridgehead atoms. The summed E-state index contributed by atoms with van der Waals surface area (Å²) in [6, 6.07) is 9.92. The molecule has 2 aromatic heterocycles. The molecule has 0 spiro atoms. The van der Waals surface area contributed by atoms with Crippen LogP contribution in [-0.2, 0) is 6.54 Å². The molecule has 1 N–H and O–H groups in total. The van der Waals surface area contributed by atoms with Gasteiger partial charge in [0, 0.05) is 31.4 Å². The lowest BCUT2D eigenvalue weighted by Crippen LogP contribution is -2.28. The molecular formula is C21H23ClN4O2. The van der Waals surface area contributed by atoms with Crippen LogP contribution >= 0.6 is 11.6 Å². The second-order valence-corrected chi connectivity index (χ2v) is 7.66. The van der Waals surface area contributed by atoms with Crippen LogP contribution in [0.25, 0.3) is 16.9 Å². The molecule has 0 radical (unpaired) electrons. The summed E-state index contributed by atoms with van der Waals surface area (Å²) in [5.74, 6) is 1.57. The van der Waals surface area contributed by atoms with Crippen molar-refractivity contribution in [1.82, 2.24) is 19.6 Å². The number of benzene rings is 1. The van der Waals surface area contributed by atoms with E-state index in [4.69, 9.17) is 26.1 Å². The first-order valence-corrected chi connectivity index (χ1v) is 10.2. The summed E-state index contributed by atoms with van der Waals surface area (Å²) in [5, 5.41) is 4.17. The Bertz CT molecular complexity index is 995. The van der Waals surface area contributed by atoms with Crippen LogP contribution in [0.4, 0.5) is 0 Å². The SMILES string of the molecule is Clc1ccc2nc(-c3ccc4c(c3)OCCO4)c(CN3CCCNCC3)n2c1. The molecule has 0 atom stereocenters. The van der Waals surface area contributed by atoms with Crippen molar-refractivity contribution in [3.63, 3.8) is 0 Å². The van der Waals surface area contributed by atoms with E-state index in [1.165, 1.54) is 0 Å². The number of pyridine rings is 1. The molecule has 3 aromatic rings. The van der Waals surface area contributed by atoms with Crippen LogP contribution in [0.5, 0.6) is 11.5 Å². The molecule has 0 aliphatic carbocycles. The first-order chi connectivity index (χ1) is 13.8. The molecule has 6 nitrogen and oxygen atoms in total. The van der Waals surface area contributed by atoms with Crippen molar-refractivity contribution in [2.24, 2.45) is 0 Å². The molecule has 2 aliphatic rings. The van der Waals surface area contributed by atoms with E-state index in [9.17, 15) is 0 Å². The molecule has 1 aromatic carbocycles. The van der Waals surface area contributed by atoms with Gasteiger partial charge in [-0.25, -0.2) is 4.98 Å². The fourth-order valence-electron chi connectivity index (χ4n) is 3.91. The maximum absolute atomic E-state index is 6.30. The maximum Gasteiger partial charge on any atom is 0.162 e. The Morgan fingerprint density at radius 2 is 1.93 bits per heavy atom. The molecule has 0 amide bonds. The maximum atomic E-state index is 6.30. The Morgan fingerprint density at radius 1 is 1.04 bits per heavy atom. The van der Waals surface area contributed by atoms with Crippen molar-refractivity contribution in [3.05, 3.63) is 47.2 Å². The van der Waals surface area contributed by atoms with Crippen LogP contribution in [0.2, 0.25) is 5.02 Å². The van der Waals surface area contributed by atoms with E-state index in [0.29, 0.717) is 18.2 Å². The van der Waals surface area contributed by atoms with Crippen LogP contribution in [0.15, 0.2) is 36.5 Å². The molecule has 1 fully saturated rings. The van der Waals surface area contributed by atoms with E-state index in [2.05, 4.69) is 20.7 Å². The smallest absolute Gasteiger partial charge is 0.162 e. The van der Waals surface area contributed by atoms with Crippen LogP contribution < -0.4 is 14.8 Å². The molecule has 7 heteroatoms. The zero-order valence-corrected chi connectivity index (χ0v) is 16.4. The number of fused-ring (bicyclic) bond motifs is 2. The number of halogens is 1. The van der Waals surface area contributed by atoms with Gasteiger partial charge < -0.3 is 19.2 Å². The third-order valence-electron chi connectivity index (χ3n) is 5.30. The number of hydrogen-bond acceptors (Lipinski definition) is 5. The van der Waals surface area contributed by atoms with Crippen molar-refractivity contribution in [1.29, 1.82) is 0 Å². The van der Waals surface area contributed by atoms with Gasteiger partial charge in [0.2, 0.25) is 0 Å². The predicted molar refractivity (Wildman–Crippen MR) is 109 cm³/mol. The van der Waals surface area contributed by atoms with Crippen molar-refractivity contribution in [2.75, 3.05) is 39.4 Å². The molecule has 4 heterocycles. The normalized spacial score (nSPS) is 17.6. The molecule has 0 unspecified atom stereocenters. The number of nitrogens with one attached hydrogen (secondary N) is 1. The van der Waals surface area contributed by atoms with Gasteiger partial charge in [-0.2, -0.15) is 0 Å². The number of aromatic nitrogens is 2. The molecule has 0 saturated carbocycles. The van der Waals surface area contributed by atoms with E-state index < -0.39 is 0 Å². The number of hydrogen-bond donors (Lipinski definition) is 1. The lowest BCUT2D eigenvalue weighted by Gasteiger charge is -2.21. The van der Waals surface area contributed by atoms with Crippen LogP contribution in [0.3, 0.4) is 0 Å². The second kappa shape index (κ2) is 7.62. The average molecular weight is 399 g/mol. The highest BCUT2D eigenvalue weighted by Gasteiger charge is 2.20. The Balaban J connectivity index is 1.59. The van der Waals surface area contributed by atoms with Crippen molar-refractivity contribution >= 4 is 17.2 Å². The molecular weight excluding hydrogens is 376 g/mol. The Labute approximate surface area is 169 Å². The predicted octanol–water partition coefficient (Wildman–Crippen LogP) is 3.22. The van der Waals surface area contributed by atoms with E-state index in [1.54, 1.807) is 0 Å². The topological polar surface area (TPSA) is 51.0 Å².